The van der Waals surface area contributed by atoms with Crippen LogP contribution in [0.1, 0.15) is 0 Å². The second-order valence-electron chi connectivity index (χ2n) is 4.77. The van der Waals surface area contributed by atoms with E-state index in [-0.39, 0.29) is 16.9 Å². The van der Waals surface area contributed by atoms with Gasteiger partial charge in [-0.3, -0.25) is 14.9 Å². The summed E-state index contributed by atoms with van der Waals surface area (Å²) in [5.41, 5.74) is 0.308. The van der Waals surface area contributed by atoms with Gasteiger partial charge in [-0.2, -0.15) is 5.26 Å². The van der Waals surface area contributed by atoms with E-state index in [1.54, 1.807) is 30.0 Å². The zero-order valence-electron chi connectivity index (χ0n) is 13.2. The molecule has 8 heteroatoms. The molecule has 2 aromatic carbocycles. The maximum absolute atomic E-state index is 12.2. The molecule has 0 aliphatic carbocycles. The molecule has 0 saturated carbocycles. The maximum Gasteiger partial charge on any atom is 0.292 e. The Balaban J connectivity index is 2.16. The lowest BCUT2D eigenvalue weighted by atomic mass is 10.2. The van der Waals surface area contributed by atoms with E-state index in [1.165, 1.54) is 24.4 Å². The summed E-state index contributed by atoms with van der Waals surface area (Å²) in [5, 5.41) is 25.4. The van der Waals surface area contributed by atoms with Gasteiger partial charge in [0.05, 0.1) is 4.92 Å². The topological polar surface area (TPSA) is 108 Å². The molecule has 7 nitrogen and oxygen atoms in total. The van der Waals surface area contributed by atoms with E-state index in [0.717, 1.165) is 10.6 Å². The Morgan fingerprint density at radius 3 is 2.72 bits per heavy atom. The highest BCUT2D eigenvalue weighted by Gasteiger charge is 2.17. The first kappa shape index (κ1) is 18.0. The van der Waals surface area contributed by atoms with Crippen molar-refractivity contribution in [3.63, 3.8) is 0 Å². The average molecular weight is 354 g/mol. The molecule has 0 aliphatic heterocycles. The van der Waals surface area contributed by atoms with Crippen LogP contribution in [0.15, 0.2) is 65.2 Å². The van der Waals surface area contributed by atoms with Gasteiger partial charge in [-0.15, -0.1) is 11.8 Å². The Kier molecular flexibility index (Phi) is 6.14. The lowest BCUT2D eigenvalue weighted by molar-refractivity contribution is -0.383. The smallest absolute Gasteiger partial charge is 0.292 e. The van der Waals surface area contributed by atoms with Gasteiger partial charge in [-0.05, 0) is 30.5 Å². The second kappa shape index (κ2) is 8.52. The number of benzene rings is 2. The number of nitro groups is 1. The minimum absolute atomic E-state index is 0.0306. The number of anilines is 2. The van der Waals surface area contributed by atoms with Crippen LogP contribution in [0.3, 0.4) is 0 Å². The number of para-hydroxylation sites is 2. The number of nitrogens with zero attached hydrogens (tertiary/aromatic N) is 2. The van der Waals surface area contributed by atoms with E-state index >= 15 is 0 Å². The van der Waals surface area contributed by atoms with Crippen LogP contribution >= 0.6 is 11.8 Å². The quantitative estimate of drug-likeness (QED) is 0.269. The van der Waals surface area contributed by atoms with Gasteiger partial charge in [-0.1, -0.05) is 18.2 Å². The van der Waals surface area contributed by atoms with Crippen molar-refractivity contribution in [3.05, 3.63) is 70.4 Å². The summed E-state index contributed by atoms with van der Waals surface area (Å²) in [4.78, 5) is 23.6. The van der Waals surface area contributed by atoms with Gasteiger partial charge in [0.1, 0.15) is 17.3 Å². The normalized spacial score (nSPS) is 10.6. The zero-order valence-corrected chi connectivity index (χ0v) is 14.0. The van der Waals surface area contributed by atoms with Crippen molar-refractivity contribution in [2.75, 3.05) is 16.9 Å². The molecule has 0 atom stereocenters. The minimum atomic E-state index is -0.731. The summed E-state index contributed by atoms with van der Waals surface area (Å²) >= 11 is 1.57. The van der Waals surface area contributed by atoms with Crippen molar-refractivity contribution in [2.45, 2.75) is 4.90 Å². The van der Waals surface area contributed by atoms with Crippen LogP contribution in [0.2, 0.25) is 0 Å². The number of carbonyl (C=O) groups is 1. The number of rotatable bonds is 6. The van der Waals surface area contributed by atoms with Crippen molar-refractivity contribution in [1.29, 1.82) is 5.26 Å². The fraction of sp³-hybridized carbons (Fsp3) is 0.0588. The number of nitro benzene ring substituents is 1. The van der Waals surface area contributed by atoms with Crippen molar-refractivity contribution >= 4 is 34.7 Å². The van der Waals surface area contributed by atoms with E-state index in [4.69, 9.17) is 0 Å². The van der Waals surface area contributed by atoms with E-state index < -0.39 is 10.8 Å². The maximum atomic E-state index is 12.2. The highest BCUT2D eigenvalue weighted by molar-refractivity contribution is 7.98. The first-order valence-corrected chi connectivity index (χ1v) is 8.33. The van der Waals surface area contributed by atoms with E-state index in [1.807, 2.05) is 24.5 Å². The first-order valence-electron chi connectivity index (χ1n) is 7.10. The first-order chi connectivity index (χ1) is 12.0. The Morgan fingerprint density at radius 1 is 1.28 bits per heavy atom. The molecule has 0 heterocycles. The Hall–Kier alpha value is -3.31. The van der Waals surface area contributed by atoms with Crippen molar-refractivity contribution in [3.8, 4) is 6.07 Å². The van der Waals surface area contributed by atoms with E-state index in [0.29, 0.717) is 0 Å². The van der Waals surface area contributed by atoms with Crippen molar-refractivity contribution in [2.24, 2.45) is 0 Å². The van der Waals surface area contributed by atoms with Crippen molar-refractivity contribution < 1.29 is 9.72 Å². The highest BCUT2D eigenvalue weighted by Crippen LogP contribution is 2.24. The van der Waals surface area contributed by atoms with Gasteiger partial charge in [0.2, 0.25) is 0 Å². The molecule has 0 fully saturated rings. The molecule has 2 aromatic rings. The molecule has 0 aliphatic rings. The third kappa shape index (κ3) is 4.83. The van der Waals surface area contributed by atoms with Gasteiger partial charge in [0.25, 0.3) is 11.6 Å². The molecule has 126 valence electrons. The summed E-state index contributed by atoms with van der Waals surface area (Å²) in [6.07, 6.45) is 3.21. The number of hydrogen-bond donors (Lipinski definition) is 2. The van der Waals surface area contributed by atoms with Crippen LogP contribution in [0.4, 0.5) is 17.1 Å². The molecule has 0 aromatic heterocycles. The zero-order chi connectivity index (χ0) is 18.2. The van der Waals surface area contributed by atoms with Crippen LogP contribution in [-0.2, 0) is 4.79 Å². The number of thioether (sulfide) groups is 1. The summed E-state index contributed by atoms with van der Waals surface area (Å²) in [7, 11) is 0. The molecule has 2 N–H and O–H groups in total. The molecule has 2 rings (SSSR count). The number of hydrogen-bond acceptors (Lipinski definition) is 6. The molecule has 25 heavy (non-hydrogen) atoms. The van der Waals surface area contributed by atoms with Gasteiger partial charge in [0.15, 0.2) is 0 Å². The Bertz CT molecular complexity index is 874. The Labute approximate surface area is 148 Å². The lowest BCUT2D eigenvalue weighted by Gasteiger charge is -2.06. The largest absolute Gasteiger partial charge is 0.360 e. The molecule has 0 spiro atoms. The monoisotopic (exact) mass is 354 g/mol. The summed E-state index contributed by atoms with van der Waals surface area (Å²) in [6.45, 7) is 0. The number of amides is 1. The predicted molar refractivity (Wildman–Crippen MR) is 97.3 cm³/mol. The molecule has 0 bridgehead atoms. The predicted octanol–water partition coefficient (Wildman–Crippen LogP) is 3.77. The molecule has 0 radical (unpaired) electrons. The lowest BCUT2D eigenvalue weighted by Crippen LogP contribution is -2.15. The highest BCUT2D eigenvalue weighted by atomic mass is 32.2. The third-order valence-electron chi connectivity index (χ3n) is 3.17. The standard InChI is InChI=1S/C17H14N4O3S/c1-25-14-6-4-5-13(9-14)19-11-12(10-18)17(22)20-15-7-2-3-8-16(15)21(23)24/h2-9,11,19H,1H3,(H,20,22)/b12-11-. The van der Waals surface area contributed by atoms with Crippen LogP contribution < -0.4 is 10.6 Å². The summed E-state index contributed by atoms with van der Waals surface area (Å²) in [5.74, 6) is -0.731. The van der Waals surface area contributed by atoms with Gasteiger partial charge in [0, 0.05) is 22.8 Å². The molecule has 0 unspecified atom stereocenters. The minimum Gasteiger partial charge on any atom is -0.360 e. The van der Waals surface area contributed by atoms with Gasteiger partial charge >= 0.3 is 0 Å². The van der Waals surface area contributed by atoms with Crippen LogP contribution in [0.25, 0.3) is 0 Å². The third-order valence-corrected chi connectivity index (χ3v) is 3.89. The fourth-order valence-corrected chi connectivity index (χ4v) is 2.40. The van der Waals surface area contributed by atoms with Gasteiger partial charge < -0.3 is 10.6 Å². The van der Waals surface area contributed by atoms with E-state index in [2.05, 4.69) is 10.6 Å². The van der Waals surface area contributed by atoms with Crippen molar-refractivity contribution in [1.82, 2.24) is 0 Å². The van der Waals surface area contributed by atoms with Gasteiger partial charge in [-0.25, -0.2) is 0 Å². The molecular formula is C17H14N4O3S. The van der Waals surface area contributed by atoms with E-state index in [9.17, 15) is 20.2 Å². The molecule has 1 amide bonds. The average Bonchev–Trinajstić information content (AvgIpc) is 2.62. The summed E-state index contributed by atoms with van der Waals surface area (Å²) in [6, 6.07) is 15.0. The number of nitriles is 1. The summed E-state index contributed by atoms with van der Waals surface area (Å²) < 4.78 is 0. The Morgan fingerprint density at radius 2 is 2.04 bits per heavy atom. The van der Waals surface area contributed by atoms with Crippen LogP contribution in [-0.4, -0.2) is 17.1 Å². The fourth-order valence-electron chi connectivity index (χ4n) is 1.95. The molecule has 0 saturated heterocycles. The van der Waals surface area contributed by atoms with Crippen LogP contribution in [0.5, 0.6) is 0 Å². The second-order valence-corrected chi connectivity index (χ2v) is 5.65. The van der Waals surface area contributed by atoms with Crippen LogP contribution in [0, 0.1) is 21.4 Å². The molecular weight excluding hydrogens is 340 g/mol. The number of nitrogens with one attached hydrogen (secondary N) is 2. The SMILES string of the molecule is CSc1cccc(N/C=C(/C#N)C(=O)Nc2ccccc2[N+](=O)[O-])c1. The number of carbonyl (C=O) groups excluding carboxylic acids is 1.